The van der Waals surface area contributed by atoms with Crippen molar-refractivity contribution in [3.8, 4) is 0 Å². The van der Waals surface area contributed by atoms with Crippen molar-refractivity contribution in [3.05, 3.63) is 39.9 Å². The summed E-state index contributed by atoms with van der Waals surface area (Å²) < 4.78 is 0. The van der Waals surface area contributed by atoms with Gasteiger partial charge in [0.25, 0.3) is 5.69 Å². The number of nitro groups is 1. The third kappa shape index (κ3) is 2.61. The number of amides is 1. The molecule has 106 valence electrons. The van der Waals surface area contributed by atoms with E-state index in [2.05, 4.69) is 0 Å². The summed E-state index contributed by atoms with van der Waals surface area (Å²) in [5.74, 6) is -2.14. The van der Waals surface area contributed by atoms with Gasteiger partial charge in [0, 0.05) is 38.1 Å². The number of nitro benzene ring substituents is 1. The Bertz CT molecular complexity index is 554. The van der Waals surface area contributed by atoms with E-state index in [-0.39, 0.29) is 24.1 Å². The SMILES string of the molecule is CC(=O)N1CC(C(=O)O)C(c2ccc([N+](=O)[O-])cc2)C1. The summed E-state index contributed by atoms with van der Waals surface area (Å²) in [5, 5.41) is 19.8. The smallest absolute Gasteiger partial charge is 0.308 e. The summed E-state index contributed by atoms with van der Waals surface area (Å²) in [6.45, 7) is 1.90. The van der Waals surface area contributed by atoms with Crippen LogP contribution in [0.5, 0.6) is 0 Å². The lowest BCUT2D eigenvalue weighted by molar-refractivity contribution is -0.384. The van der Waals surface area contributed by atoms with Gasteiger partial charge < -0.3 is 10.0 Å². The zero-order valence-corrected chi connectivity index (χ0v) is 10.9. The summed E-state index contributed by atoms with van der Waals surface area (Å²) in [5.41, 5.74) is 0.661. The molecule has 1 aromatic rings. The molecule has 0 aromatic heterocycles. The van der Waals surface area contributed by atoms with Crippen molar-refractivity contribution in [2.45, 2.75) is 12.8 Å². The fourth-order valence-corrected chi connectivity index (χ4v) is 2.49. The molecular formula is C13H14N2O5. The molecule has 1 aliphatic rings. The minimum atomic E-state index is -0.961. The van der Waals surface area contributed by atoms with Gasteiger partial charge in [-0.1, -0.05) is 12.1 Å². The number of carboxylic acids is 1. The first-order valence-corrected chi connectivity index (χ1v) is 6.13. The number of non-ortho nitro benzene ring substituents is 1. The first kappa shape index (κ1) is 14.0. The van der Waals surface area contributed by atoms with Crippen molar-refractivity contribution in [3.63, 3.8) is 0 Å². The lowest BCUT2D eigenvalue weighted by atomic mass is 9.89. The van der Waals surface area contributed by atoms with E-state index < -0.39 is 16.8 Å². The molecule has 2 unspecified atom stereocenters. The number of likely N-dealkylation sites (tertiary alicyclic amines) is 1. The fourth-order valence-electron chi connectivity index (χ4n) is 2.49. The normalized spacial score (nSPS) is 21.8. The molecule has 0 spiro atoms. The standard InChI is InChI=1S/C13H14N2O5/c1-8(16)14-6-11(12(7-14)13(17)18)9-2-4-10(5-3-9)15(19)20/h2-5,11-12H,6-7H2,1H3,(H,17,18). The Hall–Kier alpha value is -2.44. The summed E-state index contributed by atoms with van der Waals surface area (Å²) in [6, 6.07) is 5.82. The zero-order valence-electron chi connectivity index (χ0n) is 10.9. The highest BCUT2D eigenvalue weighted by Crippen LogP contribution is 2.33. The molecule has 1 amide bonds. The number of rotatable bonds is 3. The van der Waals surface area contributed by atoms with Crippen molar-refractivity contribution in [2.24, 2.45) is 5.92 Å². The number of benzene rings is 1. The highest BCUT2D eigenvalue weighted by Gasteiger charge is 2.39. The number of hydrogen-bond donors (Lipinski definition) is 1. The van der Waals surface area contributed by atoms with Gasteiger partial charge in [0.05, 0.1) is 10.8 Å². The Labute approximate surface area is 115 Å². The van der Waals surface area contributed by atoms with Crippen LogP contribution < -0.4 is 0 Å². The zero-order chi connectivity index (χ0) is 14.9. The van der Waals surface area contributed by atoms with Crippen LogP contribution in [0, 0.1) is 16.0 Å². The molecule has 7 heteroatoms. The third-order valence-corrected chi connectivity index (χ3v) is 3.61. The van der Waals surface area contributed by atoms with Gasteiger partial charge in [-0.05, 0) is 5.56 Å². The number of carboxylic acid groups (broad SMARTS) is 1. The molecule has 7 nitrogen and oxygen atoms in total. The van der Waals surface area contributed by atoms with Gasteiger partial charge in [-0.2, -0.15) is 0 Å². The van der Waals surface area contributed by atoms with Gasteiger partial charge in [-0.3, -0.25) is 19.7 Å². The maximum absolute atomic E-state index is 11.4. The molecule has 20 heavy (non-hydrogen) atoms. The quantitative estimate of drug-likeness (QED) is 0.662. The van der Waals surface area contributed by atoms with Crippen LogP contribution in [-0.4, -0.2) is 39.9 Å². The molecule has 1 fully saturated rings. The monoisotopic (exact) mass is 278 g/mol. The van der Waals surface area contributed by atoms with Crippen LogP contribution in [0.3, 0.4) is 0 Å². The summed E-state index contributed by atoms with van der Waals surface area (Å²) >= 11 is 0. The van der Waals surface area contributed by atoms with Crippen molar-refractivity contribution in [1.29, 1.82) is 0 Å². The van der Waals surface area contributed by atoms with Crippen molar-refractivity contribution < 1.29 is 19.6 Å². The molecule has 2 rings (SSSR count). The van der Waals surface area contributed by atoms with Gasteiger partial charge in [0.2, 0.25) is 5.91 Å². The fraction of sp³-hybridized carbons (Fsp3) is 0.385. The van der Waals surface area contributed by atoms with Gasteiger partial charge in [-0.15, -0.1) is 0 Å². The Kier molecular flexibility index (Phi) is 3.69. The van der Waals surface area contributed by atoms with Crippen molar-refractivity contribution in [2.75, 3.05) is 13.1 Å². The molecule has 0 saturated carbocycles. The molecule has 1 aliphatic heterocycles. The molecule has 0 aliphatic carbocycles. The topological polar surface area (TPSA) is 101 Å². The second kappa shape index (κ2) is 5.28. The number of hydrogen-bond acceptors (Lipinski definition) is 4. The van der Waals surface area contributed by atoms with Gasteiger partial charge in [0.15, 0.2) is 0 Å². The molecule has 2 atom stereocenters. The van der Waals surface area contributed by atoms with E-state index in [0.29, 0.717) is 12.1 Å². The van der Waals surface area contributed by atoms with E-state index >= 15 is 0 Å². The molecular weight excluding hydrogens is 264 g/mol. The first-order chi connectivity index (χ1) is 9.40. The van der Waals surface area contributed by atoms with E-state index in [1.54, 1.807) is 12.1 Å². The van der Waals surface area contributed by atoms with E-state index in [4.69, 9.17) is 0 Å². The molecule has 1 saturated heterocycles. The number of carbonyl (C=O) groups is 2. The largest absolute Gasteiger partial charge is 0.481 e. The van der Waals surface area contributed by atoms with Crippen LogP contribution in [-0.2, 0) is 9.59 Å². The number of carbonyl (C=O) groups excluding carboxylic acids is 1. The highest BCUT2D eigenvalue weighted by molar-refractivity contribution is 5.78. The Morgan fingerprint density at radius 2 is 1.90 bits per heavy atom. The molecule has 0 radical (unpaired) electrons. The van der Waals surface area contributed by atoms with E-state index in [9.17, 15) is 24.8 Å². The minimum absolute atomic E-state index is 0.0398. The predicted molar refractivity (Wildman–Crippen MR) is 69.2 cm³/mol. The Morgan fingerprint density at radius 1 is 1.30 bits per heavy atom. The first-order valence-electron chi connectivity index (χ1n) is 6.13. The summed E-state index contributed by atoms with van der Waals surface area (Å²) in [6.07, 6.45) is 0. The number of aliphatic carboxylic acids is 1. The van der Waals surface area contributed by atoms with Gasteiger partial charge in [-0.25, -0.2) is 0 Å². The molecule has 1 heterocycles. The van der Waals surface area contributed by atoms with Crippen LogP contribution in [0.1, 0.15) is 18.4 Å². The average molecular weight is 278 g/mol. The molecule has 1 aromatic carbocycles. The Morgan fingerprint density at radius 3 is 2.35 bits per heavy atom. The average Bonchev–Trinajstić information content (AvgIpc) is 2.84. The maximum Gasteiger partial charge on any atom is 0.308 e. The third-order valence-electron chi connectivity index (χ3n) is 3.61. The van der Waals surface area contributed by atoms with Crippen LogP contribution in [0.4, 0.5) is 5.69 Å². The lowest BCUT2D eigenvalue weighted by Gasteiger charge is -2.14. The highest BCUT2D eigenvalue weighted by atomic mass is 16.6. The second-order valence-corrected chi connectivity index (χ2v) is 4.82. The summed E-state index contributed by atoms with van der Waals surface area (Å²) in [7, 11) is 0. The van der Waals surface area contributed by atoms with Crippen LogP contribution >= 0.6 is 0 Å². The van der Waals surface area contributed by atoms with Gasteiger partial charge >= 0.3 is 5.97 Å². The van der Waals surface area contributed by atoms with Crippen molar-refractivity contribution in [1.82, 2.24) is 4.90 Å². The summed E-state index contributed by atoms with van der Waals surface area (Å²) in [4.78, 5) is 34.3. The Balaban J connectivity index is 2.27. The van der Waals surface area contributed by atoms with E-state index in [1.807, 2.05) is 0 Å². The van der Waals surface area contributed by atoms with Crippen LogP contribution in [0.25, 0.3) is 0 Å². The maximum atomic E-state index is 11.4. The van der Waals surface area contributed by atoms with Gasteiger partial charge in [0.1, 0.15) is 0 Å². The minimum Gasteiger partial charge on any atom is -0.481 e. The molecule has 0 bridgehead atoms. The van der Waals surface area contributed by atoms with E-state index in [0.717, 1.165) is 0 Å². The van der Waals surface area contributed by atoms with Crippen LogP contribution in [0.15, 0.2) is 24.3 Å². The molecule has 1 N–H and O–H groups in total. The predicted octanol–water partition coefficient (Wildman–Crippen LogP) is 1.24. The van der Waals surface area contributed by atoms with Crippen LogP contribution in [0.2, 0.25) is 0 Å². The van der Waals surface area contributed by atoms with E-state index in [1.165, 1.54) is 24.0 Å². The number of nitrogens with zero attached hydrogens (tertiary/aromatic N) is 2. The lowest BCUT2D eigenvalue weighted by Crippen LogP contribution is -2.27. The van der Waals surface area contributed by atoms with Crippen molar-refractivity contribution >= 4 is 17.6 Å². The second-order valence-electron chi connectivity index (χ2n) is 4.82.